The minimum Gasteiger partial charge on any atom is -0.444 e. The first-order valence-electron chi connectivity index (χ1n) is 20.0. The number of carbonyl (C=O) groups is 4. The molecule has 11 N–H and O–H groups in total. The summed E-state index contributed by atoms with van der Waals surface area (Å²) in [6.07, 6.45) is -23.2. The van der Waals surface area contributed by atoms with E-state index in [9.17, 15) is 54.9 Å². The number of hydrogen-bond acceptors (Lipinski definition) is 19. The minimum atomic E-state index is -1.93. The van der Waals surface area contributed by atoms with Gasteiger partial charge in [-0.25, -0.2) is 19.2 Å². The van der Waals surface area contributed by atoms with E-state index in [1.54, 1.807) is 83.1 Å². The SMILES string of the molecule is CC(C)(C)OC(=O)NCCC(NC(=O)OC(C)(C)C)C(OC1O[C@H](CO)C(O)C(NC(=O)OC(C)(C)C)[C@H]1O)[C@@H](O)CO[C@H]1OC(CNC(=O)OC(C)(C)C)[C@@H](O)C(O)C1O. The fourth-order valence-corrected chi connectivity index (χ4v) is 5.85. The molecule has 2 heterocycles. The van der Waals surface area contributed by atoms with Crippen molar-refractivity contribution >= 4 is 24.4 Å². The molecule has 23 heteroatoms. The zero-order valence-electron chi connectivity index (χ0n) is 37.1. The maximum absolute atomic E-state index is 13.2. The third-order valence-corrected chi connectivity index (χ3v) is 8.41. The number of alkyl carbamates (subject to hydrolysis) is 4. The molecule has 0 aromatic heterocycles. The van der Waals surface area contributed by atoms with Crippen LogP contribution in [0.15, 0.2) is 0 Å². The number of ether oxygens (including phenoxy) is 8. The van der Waals surface area contributed by atoms with Gasteiger partial charge < -0.3 is 94.9 Å². The van der Waals surface area contributed by atoms with E-state index in [0.717, 1.165) is 0 Å². The average molecular weight is 887 g/mol. The topological polar surface area (TPSA) is 332 Å². The average Bonchev–Trinajstić information content (AvgIpc) is 3.07. The van der Waals surface area contributed by atoms with Crippen LogP contribution in [0.1, 0.15) is 89.5 Å². The van der Waals surface area contributed by atoms with E-state index in [1.165, 1.54) is 0 Å². The van der Waals surface area contributed by atoms with E-state index in [1.807, 2.05) is 0 Å². The van der Waals surface area contributed by atoms with Crippen LogP contribution in [0.2, 0.25) is 0 Å². The van der Waals surface area contributed by atoms with Gasteiger partial charge in [0.15, 0.2) is 12.6 Å². The zero-order valence-corrected chi connectivity index (χ0v) is 37.1. The molecular weight excluding hydrogens is 816 g/mol. The van der Waals surface area contributed by atoms with E-state index < -0.39 is 146 Å². The number of amides is 4. The molecule has 0 radical (unpaired) electrons. The second-order valence-electron chi connectivity index (χ2n) is 18.7. The molecule has 2 fully saturated rings. The standard InChI is InChI=1S/C38H70N4O19/c1-35(2,3)58-31(50)39-14-13-18(41-33(52)60-37(7,8)9)28(57-30-25(47)22(23(45)21(16-43)56-30)42-34(53)61-38(10,11)12)19(44)17-54-29-27(49)26(48)24(46)20(55-29)15-40-32(51)59-36(4,5)6/h18-30,43-49H,13-17H2,1-12H3,(H,39,50)(H,40,51)(H,41,52)(H,42,53)/t18?,19-,20?,21+,22?,23?,24+,25+,26?,27?,28?,29-,30?/m0/s1. The molecule has 13 atom stereocenters. The van der Waals surface area contributed by atoms with E-state index in [-0.39, 0.29) is 13.0 Å². The van der Waals surface area contributed by atoms with Crippen LogP contribution in [0.5, 0.6) is 0 Å². The molecule has 61 heavy (non-hydrogen) atoms. The first-order valence-corrected chi connectivity index (χ1v) is 20.0. The van der Waals surface area contributed by atoms with Gasteiger partial charge in [0.05, 0.1) is 25.3 Å². The predicted octanol–water partition coefficient (Wildman–Crippen LogP) is -0.778. The van der Waals surface area contributed by atoms with Crippen molar-refractivity contribution in [3.05, 3.63) is 0 Å². The highest BCUT2D eigenvalue weighted by Crippen LogP contribution is 2.28. The summed E-state index contributed by atoms with van der Waals surface area (Å²) in [4.78, 5) is 50.8. The summed E-state index contributed by atoms with van der Waals surface area (Å²) in [5.41, 5.74) is -3.74. The van der Waals surface area contributed by atoms with E-state index >= 15 is 0 Å². The van der Waals surface area contributed by atoms with Gasteiger partial charge in [0, 0.05) is 13.1 Å². The second-order valence-corrected chi connectivity index (χ2v) is 18.7. The van der Waals surface area contributed by atoms with E-state index in [0.29, 0.717) is 0 Å². The van der Waals surface area contributed by atoms with Gasteiger partial charge in [-0.2, -0.15) is 0 Å². The first kappa shape index (κ1) is 53.8. The lowest BCUT2D eigenvalue weighted by Crippen LogP contribution is -2.66. The first-order chi connectivity index (χ1) is 27.8. The Morgan fingerprint density at radius 2 is 1.10 bits per heavy atom. The summed E-state index contributed by atoms with van der Waals surface area (Å²) in [7, 11) is 0. The number of aliphatic hydroxyl groups excluding tert-OH is 7. The third-order valence-electron chi connectivity index (χ3n) is 8.41. The van der Waals surface area contributed by atoms with Gasteiger partial charge in [0.25, 0.3) is 0 Å². The van der Waals surface area contributed by atoms with E-state index in [4.69, 9.17) is 37.9 Å². The molecule has 8 unspecified atom stereocenters. The minimum absolute atomic E-state index is 0.224. The molecule has 2 saturated heterocycles. The number of carbonyl (C=O) groups excluding carboxylic acids is 4. The molecule has 0 bridgehead atoms. The summed E-state index contributed by atoms with van der Waals surface area (Å²) >= 11 is 0. The Hall–Kier alpha value is -3.36. The predicted molar refractivity (Wildman–Crippen MR) is 211 cm³/mol. The van der Waals surface area contributed by atoms with Crippen molar-refractivity contribution < 1.29 is 92.8 Å². The van der Waals surface area contributed by atoms with Crippen LogP contribution < -0.4 is 21.3 Å². The molecule has 4 amide bonds. The Morgan fingerprint density at radius 3 is 1.62 bits per heavy atom. The van der Waals surface area contributed by atoms with Gasteiger partial charge >= 0.3 is 24.4 Å². The molecule has 0 aliphatic carbocycles. The molecule has 23 nitrogen and oxygen atoms in total. The lowest BCUT2D eigenvalue weighted by atomic mass is 9.95. The molecule has 2 aliphatic heterocycles. The summed E-state index contributed by atoms with van der Waals surface area (Å²) in [6.45, 7) is 17.0. The van der Waals surface area contributed by atoms with Gasteiger partial charge in [0.1, 0.15) is 77.3 Å². The van der Waals surface area contributed by atoms with Gasteiger partial charge in [-0.1, -0.05) is 0 Å². The van der Waals surface area contributed by atoms with Crippen LogP contribution in [0.3, 0.4) is 0 Å². The van der Waals surface area contributed by atoms with Gasteiger partial charge in [-0.3, -0.25) is 0 Å². The number of hydrogen-bond donors (Lipinski definition) is 11. The fourth-order valence-electron chi connectivity index (χ4n) is 5.85. The highest BCUT2D eigenvalue weighted by molar-refractivity contribution is 5.69. The summed E-state index contributed by atoms with van der Waals surface area (Å²) in [5, 5.41) is 86.2. The van der Waals surface area contributed by atoms with Crippen LogP contribution in [0, 0.1) is 0 Å². The van der Waals surface area contributed by atoms with Crippen molar-refractivity contribution in [3.63, 3.8) is 0 Å². The van der Waals surface area contributed by atoms with Crippen molar-refractivity contribution in [1.29, 1.82) is 0 Å². The Bertz CT molecular complexity index is 1410. The van der Waals surface area contributed by atoms with Crippen LogP contribution in [-0.4, -0.2) is 188 Å². The number of nitrogens with one attached hydrogen (secondary N) is 4. The van der Waals surface area contributed by atoms with Crippen LogP contribution in [-0.2, 0) is 37.9 Å². The fraction of sp³-hybridized carbons (Fsp3) is 0.895. The second kappa shape index (κ2) is 22.3. The van der Waals surface area contributed by atoms with Crippen LogP contribution in [0.4, 0.5) is 19.2 Å². The zero-order chi connectivity index (χ0) is 46.8. The summed E-state index contributed by atoms with van der Waals surface area (Å²) in [5.74, 6) is 0. The quantitative estimate of drug-likeness (QED) is 0.0899. The number of aliphatic hydroxyl groups is 7. The van der Waals surface area contributed by atoms with Crippen molar-refractivity contribution in [1.82, 2.24) is 21.3 Å². The molecule has 0 aromatic carbocycles. The van der Waals surface area contributed by atoms with Crippen LogP contribution >= 0.6 is 0 Å². The maximum atomic E-state index is 13.2. The van der Waals surface area contributed by atoms with Crippen molar-refractivity contribution in [2.75, 3.05) is 26.3 Å². The van der Waals surface area contributed by atoms with Gasteiger partial charge in [-0.15, -0.1) is 0 Å². The Kier molecular flexibility index (Phi) is 19.7. The van der Waals surface area contributed by atoms with Gasteiger partial charge in [0.2, 0.25) is 0 Å². The van der Waals surface area contributed by atoms with Crippen LogP contribution in [0.25, 0.3) is 0 Å². The molecule has 2 aliphatic rings. The highest BCUT2D eigenvalue weighted by Gasteiger charge is 2.49. The highest BCUT2D eigenvalue weighted by atomic mass is 16.7. The normalized spacial score (nSPS) is 29.0. The van der Waals surface area contributed by atoms with Crippen molar-refractivity contribution in [2.24, 2.45) is 0 Å². The molecule has 356 valence electrons. The lowest BCUT2D eigenvalue weighted by molar-refractivity contribution is -0.315. The monoisotopic (exact) mass is 886 g/mol. The van der Waals surface area contributed by atoms with E-state index in [2.05, 4.69) is 21.3 Å². The molecule has 0 aromatic rings. The Balaban J connectivity index is 2.50. The number of rotatable bonds is 15. The third kappa shape index (κ3) is 18.9. The molecule has 0 saturated carbocycles. The molecular formula is C38H70N4O19. The maximum Gasteiger partial charge on any atom is 0.408 e. The lowest BCUT2D eigenvalue weighted by Gasteiger charge is -2.44. The Morgan fingerprint density at radius 1 is 0.607 bits per heavy atom. The largest absolute Gasteiger partial charge is 0.444 e. The molecule has 2 rings (SSSR count). The summed E-state index contributed by atoms with van der Waals surface area (Å²) in [6, 6.07) is -2.96. The van der Waals surface area contributed by atoms with Crippen molar-refractivity contribution in [2.45, 2.75) is 192 Å². The summed E-state index contributed by atoms with van der Waals surface area (Å²) < 4.78 is 44.4. The van der Waals surface area contributed by atoms with Gasteiger partial charge in [-0.05, 0) is 89.5 Å². The smallest absolute Gasteiger partial charge is 0.408 e. The van der Waals surface area contributed by atoms with Crippen molar-refractivity contribution in [3.8, 4) is 0 Å². The Labute approximate surface area is 356 Å². The molecule has 0 spiro atoms.